The molecule has 1 rings (SSSR count). The Morgan fingerprint density at radius 3 is 2.47 bits per heavy atom. The van der Waals surface area contributed by atoms with Crippen molar-refractivity contribution in [3.8, 4) is 0 Å². The monoisotopic (exact) mass is 268 g/mol. The van der Waals surface area contributed by atoms with Crippen molar-refractivity contribution in [1.82, 2.24) is 0 Å². The van der Waals surface area contributed by atoms with Crippen LogP contribution in [0.5, 0.6) is 0 Å². The standard InChI is InChI=1S/C10H11F3N2O.ClH/c1-6(14)9(16)15-8-4-2-3-7(5-8)10(11,12)13;/h2-6H,14H2,1H3,(H,15,16);1H/t6-;/m1./s1. The number of alkyl halides is 3. The lowest BCUT2D eigenvalue weighted by Gasteiger charge is -2.10. The Hall–Kier alpha value is -1.27. The third kappa shape index (κ3) is 4.62. The van der Waals surface area contributed by atoms with Crippen molar-refractivity contribution in [2.75, 3.05) is 5.32 Å². The molecule has 7 heteroatoms. The van der Waals surface area contributed by atoms with Gasteiger partial charge in [-0.2, -0.15) is 13.2 Å². The number of nitrogens with two attached hydrogens (primary N) is 1. The van der Waals surface area contributed by atoms with Gasteiger partial charge in [0.1, 0.15) is 0 Å². The molecule has 0 aliphatic heterocycles. The van der Waals surface area contributed by atoms with E-state index in [1.54, 1.807) is 0 Å². The number of rotatable bonds is 2. The maximum Gasteiger partial charge on any atom is 0.416 e. The zero-order chi connectivity index (χ0) is 12.3. The molecule has 0 fully saturated rings. The van der Waals surface area contributed by atoms with Crippen molar-refractivity contribution in [2.45, 2.75) is 19.1 Å². The fourth-order valence-corrected chi connectivity index (χ4v) is 1.03. The average molecular weight is 269 g/mol. The maximum atomic E-state index is 12.3. The molecule has 0 spiro atoms. The smallest absolute Gasteiger partial charge is 0.325 e. The Balaban J connectivity index is 0.00000256. The van der Waals surface area contributed by atoms with Gasteiger partial charge in [0.25, 0.3) is 0 Å². The highest BCUT2D eigenvalue weighted by atomic mass is 35.5. The molecule has 0 radical (unpaired) electrons. The lowest BCUT2D eigenvalue weighted by molar-refractivity contribution is -0.137. The summed E-state index contributed by atoms with van der Waals surface area (Å²) in [5, 5.41) is 2.29. The molecule has 1 atom stereocenters. The van der Waals surface area contributed by atoms with Crippen LogP contribution in [-0.2, 0) is 11.0 Å². The first-order valence-corrected chi connectivity index (χ1v) is 4.54. The lowest BCUT2D eigenvalue weighted by atomic mass is 10.2. The van der Waals surface area contributed by atoms with Crippen LogP contribution in [0.2, 0.25) is 0 Å². The van der Waals surface area contributed by atoms with E-state index < -0.39 is 23.7 Å². The highest BCUT2D eigenvalue weighted by Gasteiger charge is 2.30. The first-order chi connectivity index (χ1) is 7.30. The summed E-state index contributed by atoms with van der Waals surface area (Å²) in [6.45, 7) is 1.45. The van der Waals surface area contributed by atoms with Gasteiger partial charge in [-0.05, 0) is 25.1 Å². The molecule has 0 saturated carbocycles. The van der Waals surface area contributed by atoms with Crippen molar-refractivity contribution in [3.05, 3.63) is 29.8 Å². The van der Waals surface area contributed by atoms with Crippen LogP contribution in [0, 0.1) is 0 Å². The van der Waals surface area contributed by atoms with Crippen molar-refractivity contribution in [1.29, 1.82) is 0 Å². The first-order valence-electron chi connectivity index (χ1n) is 4.54. The molecule has 0 aromatic heterocycles. The Labute approximate surface area is 103 Å². The van der Waals surface area contributed by atoms with Gasteiger partial charge in [0.15, 0.2) is 0 Å². The van der Waals surface area contributed by atoms with E-state index in [0.29, 0.717) is 0 Å². The number of carbonyl (C=O) groups is 1. The summed E-state index contributed by atoms with van der Waals surface area (Å²) >= 11 is 0. The lowest BCUT2D eigenvalue weighted by Crippen LogP contribution is -2.32. The molecule has 1 amide bonds. The minimum Gasteiger partial charge on any atom is -0.325 e. The van der Waals surface area contributed by atoms with Crippen LogP contribution in [0.3, 0.4) is 0 Å². The maximum absolute atomic E-state index is 12.3. The topological polar surface area (TPSA) is 55.1 Å². The van der Waals surface area contributed by atoms with Gasteiger partial charge in [-0.1, -0.05) is 6.07 Å². The van der Waals surface area contributed by atoms with E-state index in [1.807, 2.05) is 0 Å². The number of nitrogens with one attached hydrogen (secondary N) is 1. The molecule has 0 aliphatic carbocycles. The summed E-state index contributed by atoms with van der Waals surface area (Å²) in [6.07, 6.45) is -4.42. The van der Waals surface area contributed by atoms with Gasteiger partial charge < -0.3 is 11.1 Å². The third-order valence-electron chi connectivity index (χ3n) is 1.87. The van der Waals surface area contributed by atoms with Crippen LogP contribution in [0.25, 0.3) is 0 Å². The number of amides is 1. The molecule has 0 bridgehead atoms. The summed E-state index contributed by atoms with van der Waals surface area (Å²) in [5.74, 6) is -0.528. The quantitative estimate of drug-likeness (QED) is 0.865. The van der Waals surface area contributed by atoms with Gasteiger partial charge in [-0.3, -0.25) is 4.79 Å². The minimum atomic E-state index is -4.42. The second kappa shape index (κ2) is 5.88. The summed E-state index contributed by atoms with van der Waals surface area (Å²) < 4.78 is 37.0. The molecule has 3 N–H and O–H groups in total. The zero-order valence-electron chi connectivity index (χ0n) is 8.91. The molecule has 0 saturated heterocycles. The van der Waals surface area contributed by atoms with Crippen LogP contribution < -0.4 is 11.1 Å². The van der Waals surface area contributed by atoms with Gasteiger partial charge >= 0.3 is 6.18 Å². The highest BCUT2D eigenvalue weighted by molar-refractivity contribution is 5.94. The highest BCUT2D eigenvalue weighted by Crippen LogP contribution is 2.30. The van der Waals surface area contributed by atoms with E-state index in [0.717, 1.165) is 12.1 Å². The average Bonchev–Trinajstić information content (AvgIpc) is 2.16. The van der Waals surface area contributed by atoms with E-state index in [4.69, 9.17) is 5.73 Å². The van der Waals surface area contributed by atoms with Crippen molar-refractivity contribution >= 4 is 24.0 Å². The second-order valence-electron chi connectivity index (χ2n) is 3.36. The molecule has 3 nitrogen and oxygen atoms in total. The third-order valence-corrected chi connectivity index (χ3v) is 1.87. The van der Waals surface area contributed by atoms with Crippen LogP contribution in [-0.4, -0.2) is 11.9 Å². The predicted molar refractivity (Wildman–Crippen MR) is 61.0 cm³/mol. The van der Waals surface area contributed by atoms with Gasteiger partial charge in [-0.15, -0.1) is 12.4 Å². The van der Waals surface area contributed by atoms with Crippen molar-refractivity contribution in [3.63, 3.8) is 0 Å². The summed E-state index contributed by atoms with van der Waals surface area (Å²) in [6, 6.07) is 3.62. The Morgan fingerprint density at radius 2 is 2.00 bits per heavy atom. The molecule has 1 aromatic rings. The fraction of sp³-hybridized carbons (Fsp3) is 0.300. The number of carbonyl (C=O) groups excluding carboxylic acids is 1. The number of halogens is 4. The summed E-state index contributed by atoms with van der Waals surface area (Å²) in [7, 11) is 0. The Kier molecular flexibility index (Phi) is 5.44. The molecular formula is C10H12ClF3N2O. The molecule has 0 aliphatic rings. The minimum absolute atomic E-state index is 0. The van der Waals surface area contributed by atoms with E-state index >= 15 is 0 Å². The fourth-order valence-electron chi connectivity index (χ4n) is 1.03. The van der Waals surface area contributed by atoms with Crippen molar-refractivity contribution < 1.29 is 18.0 Å². The van der Waals surface area contributed by atoms with Gasteiger partial charge in [-0.25, -0.2) is 0 Å². The Morgan fingerprint density at radius 1 is 1.41 bits per heavy atom. The van der Waals surface area contributed by atoms with Crippen LogP contribution in [0.15, 0.2) is 24.3 Å². The molecule has 96 valence electrons. The van der Waals surface area contributed by atoms with Crippen LogP contribution >= 0.6 is 12.4 Å². The van der Waals surface area contributed by atoms with E-state index in [2.05, 4.69) is 5.32 Å². The van der Waals surface area contributed by atoms with E-state index in [1.165, 1.54) is 19.1 Å². The molecular weight excluding hydrogens is 257 g/mol. The zero-order valence-corrected chi connectivity index (χ0v) is 9.73. The number of benzene rings is 1. The SMILES string of the molecule is C[C@@H](N)C(=O)Nc1cccc(C(F)(F)F)c1.Cl. The molecule has 1 aromatic carbocycles. The van der Waals surface area contributed by atoms with Crippen LogP contribution in [0.4, 0.5) is 18.9 Å². The number of hydrogen-bond acceptors (Lipinski definition) is 2. The second-order valence-corrected chi connectivity index (χ2v) is 3.36. The normalized spacial score (nSPS) is 12.5. The number of hydrogen-bond donors (Lipinski definition) is 2. The molecule has 0 heterocycles. The van der Waals surface area contributed by atoms with Crippen molar-refractivity contribution in [2.24, 2.45) is 5.73 Å². The van der Waals surface area contributed by atoms with Gasteiger partial charge in [0, 0.05) is 5.69 Å². The summed E-state index contributed by atoms with van der Waals surface area (Å²) in [5.41, 5.74) is 4.54. The molecule has 17 heavy (non-hydrogen) atoms. The number of anilines is 1. The first kappa shape index (κ1) is 15.7. The van der Waals surface area contributed by atoms with Gasteiger partial charge in [0.05, 0.1) is 11.6 Å². The largest absolute Gasteiger partial charge is 0.416 e. The predicted octanol–water partition coefficient (Wildman–Crippen LogP) is 2.41. The summed E-state index contributed by atoms with van der Waals surface area (Å²) in [4.78, 5) is 11.2. The molecule has 0 unspecified atom stereocenters. The van der Waals surface area contributed by atoms with E-state index in [-0.39, 0.29) is 18.1 Å². The van der Waals surface area contributed by atoms with Crippen LogP contribution in [0.1, 0.15) is 12.5 Å². The Bertz CT molecular complexity index is 393. The van der Waals surface area contributed by atoms with Gasteiger partial charge in [0.2, 0.25) is 5.91 Å². The van der Waals surface area contributed by atoms with E-state index in [9.17, 15) is 18.0 Å².